The number of hydrogen-bond acceptors (Lipinski definition) is 3. The number of fused-ring (bicyclic) bond motifs is 1. The molecule has 1 unspecified atom stereocenters. The van der Waals surface area contributed by atoms with Crippen molar-refractivity contribution in [2.45, 2.75) is 46.1 Å². The molecule has 0 aliphatic carbocycles. The lowest BCUT2D eigenvalue weighted by atomic mass is 10.1. The molecule has 4 aromatic rings. The quantitative estimate of drug-likeness (QED) is 0.325. The molecule has 2 heterocycles. The Bertz CT molecular complexity index is 1340. The molecule has 0 spiro atoms. The first-order chi connectivity index (χ1) is 16.5. The van der Waals surface area contributed by atoms with Gasteiger partial charge in [-0.15, -0.1) is 0 Å². The van der Waals surface area contributed by atoms with Crippen LogP contribution < -0.4 is 9.64 Å². The standard InChI is InChI=1S/C29H31N3O2/c1-20-8-6-9-24(17-20)34-15-7-14-31-27-11-5-4-10-25(27)30-29(31)23-18-28(33)32(19-23)26-13-12-21(2)16-22(26)3/h4-6,8-13,16-17,23H,7,14-15,18-19H2,1-3H3. The summed E-state index contributed by atoms with van der Waals surface area (Å²) in [7, 11) is 0. The van der Waals surface area contributed by atoms with E-state index in [2.05, 4.69) is 73.9 Å². The molecular weight excluding hydrogens is 422 g/mol. The van der Waals surface area contributed by atoms with Gasteiger partial charge in [0.15, 0.2) is 0 Å². The van der Waals surface area contributed by atoms with E-state index < -0.39 is 0 Å². The fraction of sp³-hybridized carbons (Fsp3) is 0.310. The first-order valence-corrected chi connectivity index (χ1v) is 12.0. The lowest BCUT2D eigenvalue weighted by molar-refractivity contribution is -0.117. The average Bonchev–Trinajstić information content (AvgIpc) is 3.37. The Morgan fingerprint density at radius 1 is 0.971 bits per heavy atom. The highest BCUT2D eigenvalue weighted by Crippen LogP contribution is 2.34. The van der Waals surface area contributed by atoms with Gasteiger partial charge < -0.3 is 14.2 Å². The molecule has 0 bridgehead atoms. The molecule has 0 radical (unpaired) electrons. The molecule has 1 atom stereocenters. The minimum Gasteiger partial charge on any atom is -0.494 e. The van der Waals surface area contributed by atoms with Crippen LogP contribution in [0, 0.1) is 20.8 Å². The number of amides is 1. The highest BCUT2D eigenvalue weighted by molar-refractivity contribution is 5.97. The number of nitrogens with zero attached hydrogens (tertiary/aromatic N) is 3. The Labute approximate surface area is 201 Å². The van der Waals surface area contributed by atoms with Crippen LogP contribution in [0.5, 0.6) is 5.75 Å². The third-order valence-corrected chi connectivity index (χ3v) is 6.60. The predicted octanol–water partition coefficient (Wildman–Crippen LogP) is 5.95. The molecule has 1 fully saturated rings. The van der Waals surface area contributed by atoms with Crippen LogP contribution in [-0.4, -0.2) is 28.6 Å². The van der Waals surface area contributed by atoms with Crippen LogP contribution in [0.2, 0.25) is 0 Å². The molecule has 1 aliphatic rings. The number of anilines is 1. The van der Waals surface area contributed by atoms with Crippen molar-refractivity contribution in [2.75, 3.05) is 18.1 Å². The molecular formula is C29H31N3O2. The lowest BCUT2D eigenvalue weighted by Crippen LogP contribution is -2.25. The van der Waals surface area contributed by atoms with Crippen LogP contribution in [0.1, 0.15) is 41.3 Å². The number of aryl methyl sites for hydroxylation is 4. The average molecular weight is 454 g/mol. The van der Waals surface area contributed by atoms with Gasteiger partial charge in [0.2, 0.25) is 5.91 Å². The fourth-order valence-corrected chi connectivity index (χ4v) is 4.98. The molecule has 0 saturated carbocycles. The minimum atomic E-state index is 0.0679. The van der Waals surface area contributed by atoms with Crippen LogP contribution in [0.15, 0.2) is 66.7 Å². The second kappa shape index (κ2) is 9.34. The number of aromatic nitrogens is 2. The van der Waals surface area contributed by atoms with Gasteiger partial charge in [0, 0.05) is 31.1 Å². The number of hydrogen-bond donors (Lipinski definition) is 0. The van der Waals surface area contributed by atoms with Crippen molar-refractivity contribution in [1.29, 1.82) is 0 Å². The monoisotopic (exact) mass is 453 g/mol. The van der Waals surface area contributed by atoms with Crippen molar-refractivity contribution in [3.8, 4) is 5.75 Å². The van der Waals surface area contributed by atoms with Gasteiger partial charge in [-0.25, -0.2) is 4.98 Å². The smallest absolute Gasteiger partial charge is 0.227 e. The second-order valence-electron chi connectivity index (χ2n) is 9.32. The summed E-state index contributed by atoms with van der Waals surface area (Å²) in [4.78, 5) is 20.0. The van der Waals surface area contributed by atoms with Gasteiger partial charge in [0.25, 0.3) is 0 Å². The molecule has 174 valence electrons. The van der Waals surface area contributed by atoms with Crippen LogP contribution in [-0.2, 0) is 11.3 Å². The minimum absolute atomic E-state index is 0.0679. The van der Waals surface area contributed by atoms with Gasteiger partial charge in [0.1, 0.15) is 11.6 Å². The summed E-state index contributed by atoms with van der Waals surface area (Å²) >= 11 is 0. The van der Waals surface area contributed by atoms with Gasteiger partial charge in [-0.05, 0) is 68.7 Å². The molecule has 1 aliphatic heterocycles. The van der Waals surface area contributed by atoms with Gasteiger partial charge in [-0.2, -0.15) is 0 Å². The van der Waals surface area contributed by atoms with Crippen molar-refractivity contribution in [2.24, 2.45) is 0 Å². The van der Waals surface area contributed by atoms with E-state index in [0.29, 0.717) is 19.6 Å². The van der Waals surface area contributed by atoms with E-state index in [1.54, 1.807) is 0 Å². The molecule has 5 heteroatoms. The number of imidazole rings is 1. The molecule has 0 N–H and O–H groups in total. The third-order valence-electron chi connectivity index (χ3n) is 6.60. The third kappa shape index (κ3) is 4.43. The lowest BCUT2D eigenvalue weighted by Gasteiger charge is -2.20. The number of para-hydroxylation sites is 2. The number of rotatable bonds is 7. The second-order valence-corrected chi connectivity index (χ2v) is 9.32. The Kier molecular flexibility index (Phi) is 6.10. The zero-order valence-corrected chi connectivity index (χ0v) is 20.1. The Morgan fingerprint density at radius 2 is 1.79 bits per heavy atom. The summed E-state index contributed by atoms with van der Waals surface area (Å²) in [6.45, 7) is 8.32. The number of ether oxygens (including phenoxy) is 1. The Hall–Kier alpha value is -3.60. The van der Waals surface area contributed by atoms with Gasteiger partial charge in [-0.3, -0.25) is 4.79 Å². The first kappa shape index (κ1) is 22.2. The summed E-state index contributed by atoms with van der Waals surface area (Å²) in [5, 5.41) is 0. The van der Waals surface area contributed by atoms with Crippen LogP contribution in [0.3, 0.4) is 0 Å². The molecule has 1 aromatic heterocycles. The SMILES string of the molecule is Cc1cccc(OCCCn2c(C3CC(=O)N(c4ccc(C)cc4C)C3)nc3ccccc32)c1. The summed E-state index contributed by atoms with van der Waals surface area (Å²) in [5.74, 6) is 2.13. The fourth-order valence-electron chi connectivity index (χ4n) is 4.98. The van der Waals surface area contributed by atoms with Gasteiger partial charge in [-0.1, -0.05) is 42.0 Å². The highest BCUT2D eigenvalue weighted by Gasteiger charge is 2.35. The number of benzene rings is 3. The summed E-state index contributed by atoms with van der Waals surface area (Å²) in [6, 6.07) is 22.7. The highest BCUT2D eigenvalue weighted by atomic mass is 16.5. The number of carbonyl (C=O) groups excluding carboxylic acids is 1. The topological polar surface area (TPSA) is 47.4 Å². The summed E-state index contributed by atoms with van der Waals surface area (Å²) in [6.07, 6.45) is 1.35. The van der Waals surface area contributed by atoms with Crippen LogP contribution in [0.25, 0.3) is 11.0 Å². The molecule has 1 saturated heterocycles. The van der Waals surface area contributed by atoms with Crippen molar-refractivity contribution >= 4 is 22.6 Å². The van der Waals surface area contributed by atoms with E-state index in [9.17, 15) is 4.79 Å². The van der Waals surface area contributed by atoms with Crippen molar-refractivity contribution in [3.63, 3.8) is 0 Å². The molecule has 5 rings (SSSR count). The number of carbonyl (C=O) groups is 1. The predicted molar refractivity (Wildman–Crippen MR) is 137 cm³/mol. The summed E-state index contributed by atoms with van der Waals surface area (Å²) < 4.78 is 8.27. The van der Waals surface area contributed by atoms with Gasteiger partial charge in [0.05, 0.1) is 17.6 Å². The maximum Gasteiger partial charge on any atom is 0.227 e. The largest absolute Gasteiger partial charge is 0.494 e. The van der Waals surface area contributed by atoms with Crippen molar-refractivity contribution in [1.82, 2.24) is 9.55 Å². The maximum absolute atomic E-state index is 13.0. The molecule has 34 heavy (non-hydrogen) atoms. The van der Waals surface area contributed by atoms with E-state index >= 15 is 0 Å². The normalized spacial score (nSPS) is 15.9. The van der Waals surface area contributed by atoms with Crippen LogP contribution >= 0.6 is 0 Å². The van der Waals surface area contributed by atoms with E-state index in [1.807, 2.05) is 23.1 Å². The van der Waals surface area contributed by atoms with Crippen molar-refractivity contribution in [3.05, 3.63) is 89.2 Å². The van der Waals surface area contributed by atoms with Crippen LogP contribution in [0.4, 0.5) is 5.69 Å². The van der Waals surface area contributed by atoms with Gasteiger partial charge >= 0.3 is 0 Å². The van der Waals surface area contributed by atoms with E-state index in [1.165, 1.54) is 11.1 Å². The zero-order chi connectivity index (χ0) is 23.7. The zero-order valence-electron chi connectivity index (χ0n) is 20.1. The first-order valence-electron chi connectivity index (χ1n) is 12.0. The van der Waals surface area contributed by atoms with E-state index in [0.717, 1.165) is 46.8 Å². The Balaban J connectivity index is 1.36. The Morgan fingerprint density at radius 3 is 2.62 bits per heavy atom. The maximum atomic E-state index is 13.0. The molecule has 3 aromatic carbocycles. The van der Waals surface area contributed by atoms with Crippen molar-refractivity contribution < 1.29 is 9.53 Å². The van der Waals surface area contributed by atoms with E-state index in [4.69, 9.17) is 9.72 Å². The van der Waals surface area contributed by atoms with E-state index in [-0.39, 0.29) is 11.8 Å². The summed E-state index contributed by atoms with van der Waals surface area (Å²) in [5.41, 5.74) is 6.64. The molecule has 5 nitrogen and oxygen atoms in total. The molecule has 1 amide bonds.